The fourth-order valence-corrected chi connectivity index (χ4v) is 5.32. The number of hydrogen-bond donors (Lipinski definition) is 0. The van der Waals surface area contributed by atoms with Gasteiger partial charge in [-0.1, -0.05) is 53.4 Å². The smallest absolute Gasteiger partial charge is 0.491 e. The van der Waals surface area contributed by atoms with Gasteiger partial charge in [0.1, 0.15) is 11.5 Å². The average molecular weight is 572 g/mol. The number of rotatable bonds is 16. The Morgan fingerprint density at radius 3 is 1.49 bits per heavy atom. The summed E-state index contributed by atoms with van der Waals surface area (Å²) in [4.78, 5) is 0. The van der Waals surface area contributed by atoms with Crippen molar-refractivity contribution in [3.63, 3.8) is 0 Å². The van der Waals surface area contributed by atoms with E-state index in [2.05, 4.69) is 88.3 Å². The summed E-state index contributed by atoms with van der Waals surface area (Å²) in [6, 6.07) is 4.16. The largest absolute Gasteiger partial charge is 0.498 e. The van der Waals surface area contributed by atoms with Crippen LogP contribution in [0, 0.1) is 0 Å². The highest BCUT2D eigenvalue weighted by atomic mass is 16.7. The van der Waals surface area contributed by atoms with Crippen molar-refractivity contribution in [1.82, 2.24) is 0 Å². The standard InChI is InChI=1S/C33H58B2O6/c1-12-16-18-20-25(14-3)36-29-23-28(35-40-32(8,9)33(10,11)41-35)30(37-26(15-4)21-19-17-13-2)22-27(29)34-38-24(5)31(6,7)39-34/h22-26H,12-21H2,1-11H3. The highest BCUT2D eigenvalue weighted by molar-refractivity contribution is 6.66. The van der Waals surface area contributed by atoms with Crippen molar-refractivity contribution in [1.29, 1.82) is 0 Å². The van der Waals surface area contributed by atoms with Crippen LogP contribution in [-0.4, -0.2) is 49.4 Å². The second-order valence-electron chi connectivity index (χ2n) is 13.6. The normalized spacial score (nSPS) is 22.7. The second-order valence-corrected chi connectivity index (χ2v) is 13.6. The van der Waals surface area contributed by atoms with Gasteiger partial charge in [0, 0.05) is 10.9 Å². The van der Waals surface area contributed by atoms with E-state index in [1.807, 2.05) is 0 Å². The average Bonchev–Trinajstić information content (AvgIpc) is 3.30. The molecular weight excluding hydrogens is 514 g/mol. The zero-order chi connectivity index (χ0) is 30.4. The van der Waals surface area contributed by atoms with Gasteiger partial charge >= 0.3 is 14.2 Å². The summed E-state index contributed by atoms with van der Waals surface area (Å²) in [6.45, 7) is 23.4. The molecule has 2 fully saturated rings. The fourth-order valence-electron chi connectivity index (χ4n) is 5.32. The van der Waals surface area contributed by atoms with E-state index >= 15 is 0 Å². The molecular formula is C33H58B2O6. The third-order valence-electron chi connectivity index (χ3n) is 9.38. The number of unbranched alkanes of at least 4 members (excludes halogenated alkanes) is 4. The predicted molar refractivity (Wildman–Crippen MR) is 171 cm³/mol. The summed E-state index contributed by atoms with van der Waals surface area (Å²) in [5.74, 6) is 1.53. The molecule has 1 aromatic rings. The lowest BCUT2D eigenvalue weighted by Crippen LogP contribution is -2.42. The minimum Gasteiger partial charge on any atom is -0.491 e. The van der Waals surface area contributed by atoms with E-state index in [0.717, 1.165) is 60.9 Å². The topological polar surface area (TPSA) is 55.4 Å². The molecule has 0 N–H and O–H groups in total. The zero-order valence-corrected chi connectivity index (χ0v) is 28.1. The number of ether oxygens (including phenoxy) is 2. The van der Waals surface area contributed by atoms with E-state index in [0.29, 0.717) is 0 Å². The number of hydrogen-bond acceptors (Lipinski definition) is 6. The van der Waals surface area contributed by atoms with Crippen LogP contribution < -0.4 is 20.4 Å². The van der Waals surface area contributed by atoms with Gasteiger partial charge in [0.25, 0.3) is 0 Å². The minimum absolute atomic E-state index is 0.0588. The molecule has 3 atom stereocenters. The van der Waals surface area contributed by atoms with Crippen molar-refractivity contribution in [2.24, 2.45) is 0 Å². The molecule has 0 aliphatic carbocycles. The Labute approximate surface area is 252 Å². The summed E-state index contributed by atoms with van der Waals surface area (Å²) in [6.07, 6.45) is 11.1. The lowest BCUT2D eigenvalue weighted by molar-refractivity contribution is 0.00578. The molecule has 0 spiro atoms. The van der Waals surface area contributed by atoms with Crippen molar-refractivity contribution in [2.45, 2.75) is 175 Å². The molecule has 2 aliphatic heterocycles. The van der Waals surface area contributed by atoms with E-state index < -0.39 is 31.0 Å². The fraction of sp³-hybridized carbons (Fsp3) is 0.818. The van der Waals surface area contributed by atoms with Crippen LogP contribution in [0.15, 0.2) is 12.1 Å². The first kappa shape index (κ1) is 34.3. The second kappa shape index (κ2) is 14.5. The first-order chi connectivity index (χ1) is 19.3. The Bertz CT molecular complexity index is 949. The summed E-state index contributed by atoms with van der Waals surface area (Å²) >= 11 is 0. The summed E-state index contributed by atoms with van der Waals surface area (Å²) in [5.41, 5.74) is 0.386. The maximum absolute atomic E-state index is 6.81. The van der Waals surface area contributed by atoms with Crippen LogP contribution in [0.2, 0.25) is 0 Å². The van der Waals surface area contributed by atoms with Crippen LogP contribution in [-0.2, 0) is 18.6 Å². The van der Waals surface area contributed by atoms with Crippen molar-refractivity contribution in [2.75, 3.05) is 0 Å². The molecule has 2 heterocycles. The van der Waals surface area contributed by atoms with Crippen molar-refractivity contribution in [3.05, 3.63) is 12.1 Å². The molecule has 1 aromatic carbocycles. The van der Waals surface area contributed by atoms with Crippen LogP contribution in [0.5, 0.6) is 11.5 Å². The van der Waals surface area contributed by atoms with E-state index in [1.54, 1.807) is 0 Å². The first-order valence-electron chi connectivity index (χ1n) is 16.5. The maximum Gasteiger partial charge on any atom is 0.498 e. The SMILES string of the molecule is CCCCCC(CC)Oc1cc(B2OC(C)(C)C(C)(C)O2)c(OC(CC)CCCCC)cc1B1OC(C)C(C)(C)O1. The monoisotopic (exact) mass is 572 g/mol. The molecule has 2 saturated heterocycles. The van der Waals surface area contributed by atoms with E-state index in [9.17, 15) is 0 Å². The van der Waals surface area contributed by atoms with Gasteiger partial charge in [-0.25, -0.2) is 0 Å². The Kier molecular flexibility index (Phi) is 12.1. The Hall–Kier alpha value is -1.21. The molecule has 0 amide bonds. The molecule has 0 saturated carbocycles. The minimum atomic E-state index is -0.569. The van der Waals surface area contributed by atoms with Crippen molar-refractivity contribution < 1.29 is 28.1 Å². The van der Waals surface area contributed by atoms with Gasteiger partial charge in [0.15, 0.2) is 0 Å². The van der Waals surface area contributed by atoms with Gasteiger partial charge in [0.05, 0.1) is 35.1 Å². The zero-order valence-electron chi connectivity index (χ0n) is 28.1. The highest BCUT2D eigenvalue weighted by Crippen LogP contribution is 2.38. The van der Waals surface area contributed by atoms with Gasteiger partial charge in [-0.3, -0.25) is 0 Å². The Morgan fingerprint density at radius 2 is 1.12 bits per heavy atom. The molecule has 3 rings (SSSR count). The molecule has 41 heavy (non-hydrogen) atoms. The van der Waals surface area contributed by atoms with Crippen LogP contribution in [0.3, 0.4) is 0 Å². The van der Waals surface area contributed by atoms with Crippen molar-refractivity contribution in [3.8, 4) is 11.5 Å². The summed E-state index contributed by atoms with van der Waals surface area (Å²) < 4.78 is 39.6. The maximum atomic E-state index is 6.81. The molecule has 232 valence electrons. The van der Waals surface area contributed by atoms with Crippen LogP contribution in [0.1, 0.15) is 140 Å². The predicted octanol–water partition coefficient (Wildman–Crippen LogP) is 7.37. The van der Waals surface area contributed by atoms with Crippen LogP contribution in [0.25, 0.3) is 0 Å². The summed E-state index contributed by atoms with van der Waals surface area (Å²) in [5, 5.41) is 0. The third-order valence-corrected chi connectivity index (χ3v) is 9.38. The molecule has 6 nitrogen and oxygen atoms in total. The molecule has 2 aliphatic rings. The Morgan fingerprint density at radius 1 is 0.683 bits per heavy atom. The quantitative estimate of drug-likeness (QED) is 0.152. The molecule has 0 bridgehead atoms. The highest BCUT2D eigenvalue weighted by Gasteiger charge is 2.53. The molecule has 3 unspecified atom stereocenters. The molecule has 8 heteroatoms. The molecule has 0 radical (unpaired) electrons. The van der Waals surface area contributed by atoms with Crippen LogP contribution in [0.4, 0.5) is 0 Å². The lowest BCUT2D eigenvalue weighted by atomic mass is 9.72. The van der Waals surface area contributed by atoms with E-state index in [-0.39, 0.29) is 18.3 Å². The van der Waals surface area contributed by atoms with Gasteiger partial charge in [-0.05, 0) is 99.1 Å². The third kappa shape index (κ3) is 8.46. The Balaban J connectivity index is 2.09. The lowest BCUT2D eigenvalue weighted by Gasteiger charge is -2.32. The van der Waals surface area contributed by atoms with Crippen molar-refractivity contribution >= 4 is 25.2 Å². The first-order valence-corrected chi connectivity index (χ1v) is 16.5. The van der Waals surface area contributed by atoms with Crippen LogP contribution >= 0.6 is 0 Å². The van der Waals surface area contributed by atoms with Gasteiger partial charge in [-0.15, -0.1) is 0 Å². The van der Waals surface area contributed by atoms with E-state index in [1.165, 1.54) is 25.7 Å². The van der Waals surface area contributed by atoms with Gasteiger partial charge < -0.3 is 28.1 Å². The number of benzene rings is 1. The summed E-state index contributed by atoms with van der Waals surface area (Å²) in [7, 11) is -1.11. The van der Waals surface area contributed by atoms with Gasteiger partial charge in [-0.2, -0.15) is 0 Å². The molecule has 0 aromatic heterocycles. The van der Waals surface area contributed by atoms with Gasteiger partial charge in [0.2, 0.25) is 0 Å². The van der Waals surface area contributed by atoms with E-state index in [4.69, 9.17) is 28.1 Å².